The van der Waals surface area contributed by atoms with Crippen molar-refractivity contribution in [2.75, 3.05) is 11.1 Å². The summed E-state index contributed by atoms with van der Waals surface area (Å²) in [5.41, 5.74) is 2.38. The van der Waals surface area contributed by atoms with Crippen LogP contribution in [0.2, 0.25) is 0 Å². The highest BCUT2D eigenvalue weighted by molar-refractivity contribution is 7.99. The van der Waals surface area contributed by atoms with Crippen LogP contribution in [0.1, 0.15) is 22.8 Å². The Morgan fingerprint density at radius 1 is 1.22 bits per heavy atom. The number of carbonyl (C=O) groups excluding carboxylic acids is 2. The minimum absolute atomic E-state index is 0.00870. The van der Waals surface area contributed by atoms with Crippen LogP contribution < -0.4 is 5.32 Å². The van der Waals surface area contributed by atoms with Crippen LogP contribution in [0.4, 0.5) is 10.1 Å². The van der Waals surface area contributed by atoms with Gasteiger partial charge in [-0.1, -0.05) is 30.0 Å². The van der Waals surface area contributed by atoms with Gasteiger partial charge in [0.15, 0.2) is 10.9 Å². The molecule has 0 fully saturated rings. The lowest BCUT2D eigenvalue weighted by Crippen LogP contribution is -2.09. The molecule has 2 aromatic carbocycles. The number of benzene rings is 2. The summed E-state index contributed by atoms with van der Waals surface area (Å²) >= 11 is 1.25. The van der Waals surface area contributed by atoms with Crippen molar-refractivity contribution >= 4 is 29.1 Å². The molecular weight excluding hydrogens is 365 g/mol. The average molecular weight is 383 g/mol. The van der Waals surface area contributed by atoms with Crippen molar-refractivity contribution in [3.05, 3.63) is 71.8 Å². The van der Waals surface area contributed by atoms with Crippen molar-refractivity contribution in [2.45, 2.75) is 19.0 Å². The standard InChI is InChI=1S/C20H18FN3O2S/c1-13-5-3-4-6-18(13)24-10-9-22-20(24)27-12-19(26)16-8-7-15(11-17(16)21)23-14(2)25/h3-11H,12H2,1-2H3,(H,23,25). The van der Waals surface area contributed by atoms with Crippen LogP contribution in [0.15, 0.2) is 60.0 Å². The predicted molar refractivity (Wildman–Crippen MR) is 104 cm³/mol. The molecule has 1 aromatic heterocycles. The molecule has 0 bridgehead atoms. The second-order valence-electron chi connectivity index (χ2n) is 5.95. The highest BCUT2D eigenvalue weighted by atomic mass is 32.2. The van der Waals surface area contributed by atoms with Crippen molar-refractivity contribution in [3.63, 3.8) is 0 Å². The molecule has 0 aliphatic heterocycles. The first-order valence-electron chi connectivity index (χ1n) is 8.28. The zero-order chi connectivity index (χ0) is 19.4. The number of anilines is 1. The summed E-state index contributed by atoms with van der Waals surface area (Å²) in [7, 11) is 0. The quantitative estimate of drug-likeness (QED) is 0.510. The van der Waals surface area contributed by atoms with E-state index < -0.39 is 5.82 Å². The zero-order valence-electron chi connectivity index (χ0n) is 14.9. The number of aryl methyl sites for hydroxylation is 1. The Bertz CT molecular complexity index is 1000. The maximum absolute atomic E-state index is 14.2. The fourth-order valence-electron chi connectivity index (χ4n) is 2.64. The van der Waals surface area contributed by atoms with E-state index in [1.54, 1.807) is 6.20 Å². The number of nitrogens with one attached hydrogen (secondary N) is 1. The number of hydrogen-bond donors (Lipinski definition) is 1. The summed E-state index contributed by atoms with van der Waals surface area (Å²) < 4.78 is 16.1. The molecule has 138 valence electrons. The van der Waals surface area contributed by atoms with Gasteiger partial charge in [-0.2, -0.15) is 0 Å². The molecule has 27 heavy (non-hydrogen) atoms. The Kier molecular flexibility index (Phi) is 5.71. The molecule has 0 unspecified atom stereocenters. The van der Waals surface area contributed by atoms with Crippen LogP contribution in [-0.4, -0.2) is 27.0 Å². The summed E-state index contributed by atoms with van der Waals surface area (Å²) in [6, 6.07) is 11.9. The lowest BCUT2D eigenvalue weighted by molar-refractivity contribution is -0.114. The number of imidazole rings is 1. The number of thioether (sulfide) groups is 1. The molecule has 1 N–H and O–H groups in total. The first-order valence-corrected chi connectivity index (χ1v) is 9.27. The molecular formula is C20H18FN3O2S. The number of ketones is 1. The largest absolute Gasteiger partial charge is 0.326 e. The molecule has 0 saturated heterocycles. The summed E-state index contributed by atoms with van der Waals surface area (Å²) in [5.74, 6) is -1.24. The van der Waals surface area contributed by atoms with Crippen LogP contribution >= 0.6 is 11.8 Å². The third-order valence-electron chi connectivity index (χ3n) is 3.90. The van der Waals surface area contributed by atoms with E-state index in [2.05, 4.69) is 10.3 Å². The Labute approximate surface area is 160 Å². The molecule has 0 aliphatic rings. The van der Waals surface area contributed by atoms with Gasteiger partial charge in [0.25, 0.3) is 0 Å². The lowest BCUT2D eigenvalue weighted by Gasteiger charge is -2.10. The van der Waals surface area contributed by atoms with E-state index in [9.17, 15) is 14.0 Å². The van der Waals surface area contributed by atoms with E-state index >= 15 is 0 Å². The third-order valence-corrected chi connectivity index (χ3v) is 4.87. The van der Waals surface area contributed by atoms with Crippen LogP contribution in [-0.2, 0) is 4.79 Å². The number of aromatic nitrogens is 2. The maximum Gasteiger partial charge on any atom is 0.221 e. The Hall–Kier alpha value is -2.93. The number of para-hydroxylation sites is 1. The van der Waals surface area contributed by atoms with Gasteiger partial charge >= 0.3 is 0 Å². The molecule has 0 saturated carbocycles. The van der Waals surface area contributed by atoms with E-state index in [4.69, 9.17) is 0 Å². The smallest absolute Gasteiger partial charge is 0.221 e. The third kappa shape index (κ3) is 4.43. The first-order chi connectivity index (χ1) is 13.0. The minimum Gasteiger partial charge on any atom is -0.326 e. The van der Waals surface area contributed by atoms with E-state index in [-0.39, 0.29) is 23.0 Å². The Morgan fingerprint density at radius 2 is 2.00 bits per heavy atom. The highest BCUT2D eigenvalue weighted by Gasteiger charge is 2.15. The van der Waals surface area contributed by atoms with Gasteiger partial charge in [-0.15, -0.1) is 0 Å². The SMILES string of the molecule is CC(=O)Nc1ccc(C(=O)CSc2nccn2-c2ccccc2C)c(F)c1. The van der Waals surface area contributed by atoms with Gasteiger partial charge in [-0.05, 0) is 36.8 Å². The lowest BCUT2D eigenvalue weighted by atomic mass is 10.1. The minimum atomic E-state index is -0.658. The van der Waals surface area contributed by atoms with Gasteiger partial charge < -0.3 is 5.32 Å². The van der Waals surface area contributed by atoms with Gasteiger partial charge in [0.1, 0.15) is 5.82 Å². The van der Waals surface area contributed by atoms with Crippen LogP contribution in [0, 0.1) is 12.7 Å². The zero-order valence-corrected chi connectivity index (χ0v) is 15.7. The summed E-state index contributed by atoms with van der Waals surface area (Å²) in [4.78, 5) is 27.8. The van der Waals surface area contributed by atoms with Gasteiger partial charge in [0.2, 0.25) is 5.91 Å². The molecule has 0 spiro atoms. The summed E-state index contributed by atoms with van der Waals surface area (Å²) in [5, 5.41) is 3.15. The van der Waals surface area contributed by atoms with Crippen LogP contribution in [0.25, 0.3) is 5.69 Å². The Balaban J connectivity index is 1.73. The molecule has 0 radical (unpaired) electrons. The van der Waals surface area contributed by atoms with Crippen molar-refractivity contribution in [2.24, 2.45) is 0 Å². The maximum atomic E-state index is 14.2. The van der Waals surface area contributed by atoms with E-state index in [0.29, 0.717) is 10.8 Å². The molecule has 0 atom stereocenters. The predicted octanol–water partition coefficient (Wildman–Crippen LogP) is 4.25. The van der Waals surface area contributed by atoms with Gasteiger partial charge in [-0.25, -0.2) is 9.37 Å². The van der Waals surface area contributed by atoms with Crippen LogP contribution in [0.3, 0.4) is 0 Å². The normalized spacial score (nSPS) is 10.6. The molecule has 5 nitrogen and oxygen atoms in total. The molecule has 3 rings (SSSR count). The fourth-order valence-corrected chi connectivity index (χ4v) is 3.49. The van der Waals surface area contributed by atoms with E-state index in [1.807, 2.05) is 42.0 Å². The summed E-state index contributed by atoms with van der Waals surface area (Å²) in [6.45, 7) is 3.34. The first kappa shape index (κ1) is 18.8. The van der Waals surface area contributed by atoms with E-state index in [0.717, 1.165) is 17.3 Å². The number of hydrogen-bond acceptors (Lipinski definition) is 4. The molecule has 0 aliphatic carbocycles. The fraction of sp³-hybridized carbons (Fsp3) is 0.150. The number of amides is 1. The van der Waals surface area contributed by atoms with Crippen molar-refractivity contribution in [1.29, 1.82) is 0 Å². The van der Waals surface area contributed by atoms with Gasteiger partial charge in [0, 0.05) is 25.0 Å². The van der Waals surface area contributed by atoms with Gasteiger partial charge in [0.05, 0.1) is 17.0 Å². The van der Waals surface area contributed by atoms with Crippen molar-refractivity contribution in [3.8, 4) is 5.69 Å². The van der Waals surface area contributed by atoms with Gasteiger partial charge in [-0.3, -0.25) is 14.2 Å². The molecule has 3 aromatic rings. The van der Waals surface area contributed by atoms with Crippen molar-refractivity contribution < 1.29 is 14.0 Å². The number of rotatable bonds is 6. The topological polar surface area (TPSA) is 64.0 Å². The number of Topliss-reactive ketones (excluding diaryl/α,β-unsaturated/α-hetero) is 1. The second-order valence-corrected chi connectivity index (χ2v) is 6.90. The second kappa shape index (κ2) is 8.18. The van der Waals surface area contributed by atoms with Crippen LogP contribution in [0.5, 0.6) is 0 Å². The summed E-state index contributed by atoms with van der Waals surface area (Å²) in [6.07, 6.45) is 3.50. The number of halogens is 1. The number of nitrogens with zero attached hydrogens (tertiary/aromatic N) is 2. The average Bonchev–Trinajstić information content (AvgIpc) is 3.08. The Morgan fingerprint density at radius 3 is 2.70 bits per heavy atom. The molecule has 7 heteroatoms. The molecule has 1 amide bonds. The monoisotopic (exact) mass is 383 g/mol. The van der Waals surface area contributed by atoms with E-state index in [1.165, 1.54) is 30.8 Å². The highest BCUT2D eigenvalue weighted by Crippen LogP contribution is 2.24. The molecule has 1 heterocycles. The number of carbonyl (C=O) groups is 2. The van der Waals surface area contributed by atoms with Crippen molar-refractivity contribution in [1.82, 2.24) is 9.55 Å².